The van der Waals surface area contributed by atoms with Gasteiger partial charge in [-0.3, -0.25) is 9.36 Å². The smallest absolute Gasteiger partial charge is 0.356 e. The highest BCUT2D eigenvalue weighted by atomic mass is 79.9. The van der Waals surface area contributed by atoms with Gasteiger partial charge in [-0.05, 0) is 55.6 Å². The number of hydrogen-bond acceptors (Lipinski definition) is 5. The normalized spacial score (nSPS) is 14.2. The second-order valence-corrected chi connectivity index (χ2v) is 19.1. The molecule has 2 N–H and O–H groups in total. The third-order valence-electron chi connectivity index (χ3n) is 5.36. The Kier molecular flexibility index (Phi) is 12.8. The average molecular weight is 581 g/mol. The number of aromatic nitrogens is 2. The average Bonchev–Trinajstić information content (AvgIpc) is 3.04. The van der Waals surface area contributed by atoms with Gasteiger partial charge in [-0.2, -0.15) is 0 Å². The molecule has 0 aliphatic rings. The molecule has 0 spiro atoms. The highest BCUT2D eigenvalue weighted by molar-refractivity contribution is 9.10. The molecule has 0 aliphatic heterocycles. The Morgan fingerprint density at radius 3 is 2.41 bits per heavy atom. The van der Waals surface area contributed by atoms with E-state index in [1.54, 1.807) is 4.57 Å². The molecule has 0 bridgehead atoms. The molecule has 0 saturated carbocycles. The van der Waals surface area contributed by atoms with Crippen LogP contribution in [0.1, 0.15) is 88.4 Å². The van der Waals surface area contributed by atoms with E-state index in [0.29, 0.717) is 36.3 Å². The minimum atomic E-state index is -1.41. The summed E-state index contributed by atoms with van der Waals surface area (Å²) in [6.45, 7) is 15.0. The molecule has 0 aliphatic carbocycles. The lowest BCUT2D eigenvalue weighted by molar-refractivity contribution is -0.118. The number of ketones is 1. The molecule has 1 aromatic rings. The summed E-state index contributed by atoms with van der Waals surface area (Å²) in [7, 11) is -2.68. The predicted octanol–water partition coefficient (Wildman–Crippen LogP) is 5.68. The topological polar surface area (TPSA) is 111 Å². The third kappa shape index (κ3) is 10.8. The van der Waals surface area contributed by atoms with E-state index < -0.39 is 35.8 Å². The highest BCUT2D eigenvalue weighted by Gasteiger charge is 2.31. The van der Waals surface area contributed by atoms with Crippen LogP contribution >= 0.6 is 15.9 Å². The Labute approximate surface area is 216 Å². The summed E-state index contributed by atoms with van der Waals surface area (Å²) in [5.41, 5.74) is 0.375. The summed E-state index contributed by atoms with van der Waals surface area (Å²) in [6.07, 6.45) is 4.04. The van der Waals surface area contributed by atoms with E-state index in [1.165, 1.54) is 0 Å². The molecule has 0 aromatic carbocycles. The van der Waals surface area contributed by atoms with E-state index in [9.17, 15) is 18.9 Å². The largest absolute Gasteiger partial charge is 0.476 e. The van der Waals surface area contributed by atoms with E-state index in [0.717, 1.165) is 25.3 Å². The van der Waals surface area contributed by atoms with Gasteiger partial charge in [-0.1, -0.05) is 39.4 Å². The van der Waals surface area contributed by atoms with Gasteiger partial charge in [0.05, 0.1) is 27.5 Å². The summed E-state index contributed by atoms with van der Waals surface area (Å²) >= 11 is 3.39. The van der Waals surface area contributed by atoms with Gasteiger partial charge in [-0.15, -0.1) is 0 Å². The standard InChI is InChI=1S/C23H42BrN3O5SSi/c1-8-17(28)12-10-9-11-13-18(26-33(31)23(2,3)4)20-19(21(29)30)25-22(24)27(20)16-32-14-15-34(5,6)7/h18,26H,8-16H2,1-7H3,(H,29,30)/t18-,33+/m0/s1. The van der Waals surface area contributed by atoms with E-state index in [4.69, 9.17) is 4.74 Å². The number of carboxylic acids is 1. The number of carbonyl (C=O) groups is 2. The first-order valence-electron chi connectivity index (χ1n) is 11.9. The minimum absolute atomic E-state index is 0.0785. The van der Waals surface area contributed by atoms with Crippen LogP contribution in [0.15, 0.2) is 4.73 Å². The fourth-order valence-electron chi connectivity index (χ4n) is 3.19. The van der Waals surface area contributed by atoms with Gasteiger partial charge in [0.1, 0.15) is 12.5 Å². The van der Waals surface area contributed by atoms with Crippen molar-refractivity contribution in [3.8, 4) is 0 Å². The van der Waals surface area contributed by atoms with Gasteiger partial charge < -0.3 is 9.84 Å². The molecular formula is C23H42BrN3O5SSi. The van der Waals surface area contributed by atoms with Crippen molar-refractivity contribution in [2.45, 2.75) is 109 Å². The summed E-state index contributed by atoms with van der Waals surface area (Å²) in [5.74, 6) is -0.896. The molecular weight excluding hydrogens is 538 g/mol. The first-order valence-corrected chi connectivity index (χ1v) is 17.6. The van der Waals surface area contributed by atoms with Gasteiger partial charge in [-0.25, -0.2) is 18.7 Å². The number of carbonyl (C=O) groups excluding carboxylic acids is 1. The number of hydrogen-bond donors (Lipinski definition) is 2. The first-order chi connectivity index (χ1) is 15.7. The number of carboxylic acid groups (broad SMARTS) is 1. The van der Waals surface area contributed by atoms with E-state index in [2.05, 4.69) is 45.3 Å². The van der Waals surface area contributed by atoms with E-state index in [-0.39, 0.29) is 18.2 Å². The zero-order chi connectivity index (χ0) is 26.1. The molecule has 0 saturated heterocycles. The van der Waals surface area contributed by atoms with Crippen molar-refractivity contribution >= 4 is 46.7 Å². The molecule has 1 aromatic heterocycles. The van der Waals surface area contributed by atoms with Crippen molar-refractivity contribution in [3.05, 3.63) is 16.1 Å². The Bertz CT molecular complexity index is 849. The van der Waals surface area contributed by atoms with Crippen LogP contribution in [0.5, 0.6) is 0 Å². The highest BCUT2D eigenvalue weighted by Crippen LogP contribution is 2.29. The Morgan fingerprint density at radius 2 is 1.88 bits per heavy atom. The molecule has 0 unspecified atom stereocenters. The molecule has 0 fully saturated rings. The van der Waals surface area contributed by atoms with Crippen molar-refractivity contribution in [1.29, 1.82) is 0 Å². The Hall–Kier alpha value is -0.883. The SMILES string of the molecule is CCC(=O)CCCCC[C@H](N[S@](=O)C(C)(C)C)c1c(C(=O)O)nc(Br)n1COCC[Si](C)(C)C. The molecule has 11 heteroatoms. The van der Waals surface area contributed by atoms with Crippen LogP contribution in [-0.4, -0.2) is 50.0 Å². The van der Waals surface area contributed by atoms with Gasteiger partial charge >= 0.3 is 5.97 Å². The van der Waals surface area contributed by atoms with Crippen LogP contribution in [0.4, 0.5) is 0 Å². The number of unbranched alkanes of at least 4 members (excludes halogenated alkanes) is 2. The fraction of sp³-hybridized carbons (Fsp3) is 0.783. The lowest BCUT2D eigenvalue weighted by Gasteiger charge is -2.26. The van der Waals surface area contributed by atoms with Gasteiger partial charge in [0.25, 0.3) is 0 Å². The lowest BCUT2D eigenvalue weighted by Crippen LogP contribution is -2.37. The molecule has 1 heterocycles. The predicted molar refractivity (Wildman–Crippen MR) is 143 cm³/mol. The van der Waals surface area contributed by atoms with Crippen LogP contribution in [0, 0.1) is 0 Å². The van der Waals surface area contributed by atoms with Crippen molar-refractivity contribution < 1.29 is 23.6 Å². The minimum Gasteiger partial charge on any atom is -0.476 e. The quantitative estimate of drug-likeness (QED) is 0.192. The van der Waals surface area contributed by atoms with Gasteiger partial charge in [0.15, 0.2) is 10.4 Å². The van der Waals surface area contributed by atoms with Gasteiger partial charge in [0, 0.05) is 27.5 Å². The summed E-state index contributed by atoms with van der Waals surface area (Å²) in [4.78, 5) is 27.9. The molecule has 196 valence electrons. The number of nitrogens with one attached hydrogen (secondary N) is 1. The number of imidazole rings is 1. The molecule has 0 amide bonds. The van der Waals surface area contributed by atoms with Crippen molar-refractivity contribution in [1.82, 2.24) is 14.3 Å². The maximum absolute atomic E-state index is 13.0. The zero-order valence-corrected chi connectivity index (χ0v) is 25.1. The van der Waals surface area contributed by atoms with E-state index in [1.807, 2.05) is 27.7 Å². The summed E-state index contributed by atoms with van der Waals surface area (Å²) in [6, 6.07) is 0.500. The molecule has 2 atom stereocenters. The zero-order valence-electron chi connectivity index (χ0n) is 21.7. The monoisotopic (exact) mass is 579 g/mol. The van der Waals surface area contributed by atoms with Crippen molar-refractivity contribution in [2.75, 3.05) is 6.61 Å². The van der Waals surface area contributed by atoms with Crippen molar-refractivity contribution in [2.24, 2.45) is 0 Å². The number of ether oxygens (including phenoxy) is 1. The Balaban J connectivity index is 3.16. The van der Waals surface area contributed by atoms with Crippen LogP contribution in [0.2, 0.25) is 25.7 Å². The maximum atomic E-state index is 13.0. The second-order valence-electron chi connectivity index (χ2n) is 10.7. The first kappa shape index (κ1) is 31.1. The van der Waals surface area contributed by atoms with Crippen LogP contribution in [0.3, 0.4) is 0 Å². The summed E-state index contributed by atoms with van der Waals surface area (Å²) < 4.78 is 23.6. The third-order valence-corrected chi connectivity index (χ3v) is 9.28. The maximum Gasteiger partial charge on any atom is 0.356 e. The lowest BCUT2D eigenvalue weighted by atomic mass is 10.0. The molecule has 34 heavy (non-hydrogen) atoms. The van der Waals surface area contributed by atoms with Crippen molar-refractivity contribution in [3.63, 3.8) is 0 Å². The number of Topliss-reactive ketones (excluding diaryl/α,β-unsaturated/α-hetero) is 1. The number of rotatable bonds is 16. The Morgan fingerprint density at radius 1 is 1.24 bits per heavy atom. The fourth-order valence-corrected chi connectivity index (χ4v) is 5.26. The van der Waals surface area contributed by atoms with Crippen LogP contribution in [-0.2, 0) is 27.2 Å². The number of aromatic carboxylic acids is 1. The molecule has 1 rings (SSSR count). The summed E-state index contributed by atoms with van der Waals surface area (Å²) in [5, 5.41) is 9.85. The number of halogens is 1. The van der Waals surface area contributed by atoms with Gasteiger partial charge in [0.2, 0.25) is 0 Å². The number of nitrogens with zero attached hydrogens (tertiary/aromatic N) is 2. The molecule has 8 nitrogen and oxygen atoms in total. The van der Waals surface area contributed by atoms with Crippen LogP contribution < -0.4 is 4.72 Å². The van der Waals surface area contributed by atoms with E-state index >= 15 is 0 Å². The van der Waals surface area contributed by atoms with Crippen LogP contribution in [0.25, 0.3) is 0 Å². The molecule has 0 radical (unpaired) electrons. The second kappa shape index (κ2) is 14.0.